The van der Waals surface area contributed by atoms with Crippen LogP contribution in [0.15, 0.2) is 0 Å². The fourth-order valence-corrected chi connectivity index (χ4v) is 11.5. The molecular formula is C12H36O2Si3. The Bertz CT molecular complexity index is 179. The van der Waals surface area contributed by atoms with E-state index in [1.165, 1.54) is 18.9 Å². The molecule has 1 atom stereocenters. The molecule has 5 heteroatoms. The van der Waals surface area contributed by atoms with Crippen LogP contribution in [0.3, 0.4) is 0 Å². The summed E-state index contributed by atoms with van der Waals surface area (Å²) in [5.74, 6) is 0. The molecule has 0 saturated carbocycles. The van der Waals surface area contributed by atoms with E-state index in [-0.39, 0.29) is 14.9 Å². The Morgan fingerprint density at radius 3 is 1.76 bits per heavy atom. The van der Waals surface area contributed by atoms with E-state index in [0.717, 1.165) is 0 Å². The lowest BCUT2D eigenvalue weighted by Crippen LogP contribution is -2.42. The molecule has 0 radical (unpaired) electrons. The molecule has 0 saturated heterocycles. The Balaban J connectivity index is -0.000000980. The molecule has 0 aliphatic carbocycles. The monoisotopic (exact) mass is 296 g/mol. The highest BCUT2D eigenvalue weighted by molar-refractivity contribution is 6.81. The molecule has 0 aromatic rings. The first-order chi connectivity index (χ1) is 6.66. The van der Waals surface area contributed by atoms with Gasteiger partial charge in [-0.1, -0.05) is 34.6 Å². The summed E-state index contributed by atoms with van der Waals surface area (Å²) in [6, 6.07) is 1.27. The second-order valence-electron chi connectivity index (χ2n) is 5.78. The molecule has 108 valence electrons. The van der Waals surface area contributed by atoms with Gasteiger partial charge in [0, 0.05) is 0 Å². The first-order valence-electron chi connectivity index (χ1n) is 6.02. The maximum Gasteiger partial charge on any atom is 0.297 e. The van der Waals surface area contributed by atoms with Crippen LogP contribution in [-0.2, 0) is 8.23 Å². The van der Waals surface area contributed by atoms with Gasteiger partial charge in [0.25, 0.3) is 9.28 Å². The summed E-state index contributed by atoms with van der Waals surface area (Å²) in [7, 11) is -4.19. The largest absolute Gasteiger partial charge is 0.439 e. The molecule has 1 unspecified atom stereocenters. The zero-order chi connectivity index (χ0) is 12.1. The van der Waals surface area contributed by atoms with Gasteiger partial charge in [0.15, 0.2) is 16.6 Å². The summed E-state index contributed by atoms with van der Waals surface area (Å²) in [5, 5.41) is 0. The predicted octanol–water partition coefficient (Wildman–Crippen LogP) is 4.98. The lowest BCUT2D eigenvalue weighted by molar-refractivity contribution is 0.423. The van der Waals surface area contributed by atoms with Gasteiger partial charge in [-0.2, -0.15) is 0 Å². The fraction of sp³-hybridized carbons (Fsp3) is 1.00. The predicted molar refractivity (Wildman–Crippen MR) is 89.2 cm³/mol. The average Bonchev–Trinajstić information content (AvgIpc) is 1.95. The maximum absolute atomic E-state index is 6.21. The summed E-state index contributed by atoms with van der Waals surface area (Å²) in [5.41, 5.74) is 0. The van der Waals surface area contributed by atoms with Gasteiger partial charge in [0.1, 0.15) is 0 Å². The summed E-state index contributed by atoms with van der Waals surface area (Å²) >= 11 is 0. The van der Waals surface area contributed by atoms with Crippen LogP contribution in [0, 0.1) is 0 Å². The summed E-state index contributed by atoms with van der Waals surface area (Å²) < 4.78 is 12.2. The lowest BCUT2D eigenvalue weighted by Gasteiger charge is -2.30. The number of hydrogen-bond donors (Lipinski definition) is 0. The number of rotatable bonds is 7. The summed E-state index contributed by atoms with van der Waals surface area (Å²) in [6.07, 6.45) is 2.57. The highest BCUT2D eigenvalue weighted by atomic mass is 28.4. The minimum absolute atomic E-state index is 0. The van der Waals surface area contributed by atoms with Crippen molar-refractivity contribution in [2.45, 2.75) is 79.9 Å². The maximum atomic E-state index is 6.21. The zero-order valence-corrected chi connectivity index (χ0v) is 14.7. The molecule has 0 bridgehead atoms. The molecule has 2 nitrogen and oxygen atoms in total. The van der Waals surface area contributed by atoms with Gasteiger partial charge in [0.05, 0.1) is 0 Å². The first kappa shape index (κ1) is 22.7. The third-order valence-electron chi connectivity index (χ3n) is 2.14. The van der Waals surface area contributed by atoms with Gasteiger partial charge in [0.2, 0.25) is 0 Å². The van der Waals surface area contributed by atoms with E-state index in [0.29, 0.717) is 0 Å². The van der Waals surface area contributed by atoms with E-state index in [9.17, 15) is 0 Å². The van der Waals surface area contributed by atoms with Crippen molar-refractivity contribution >= 4 is 25.9 Å². The fourth-order valence-electron chi connectivity index (χ4n) is 1.63. The molecule has 0 aromatic heterocycles. The second kappa shape index (κ2) is 9.49. The van der Waals surface area contributed by atoms with E-state index in [1.807, 2.05) is 0 Å². The Morgan fingerprint density at radius 2 is 1.41 bits per heavy atom. The Kier molecular flexibility index (Phi) is 12.7. The van der Waals surface area contributed by atoms with Crippen LogP contribution in [0.2, 0.25) is 45.3 Å². The molecule has 0 N–H and O–H groups in total. The highest BCUT2D eigenvalue weighted by Crippen LogP contribution is 2.18. The quantitative estimate of drug-likeness (QED) is 0.617. The molecule has 0 aliphatic rings. The van der Waals surface area contributed by atoms with E-state index >= 15 is 0 Å². The van der Waals surface area contributed by atoms with Gasteiger partial charge in [-0.05, 0) is 45.3 Å². The third-order valence-corrected chi connectivity index (χ3v) is 11.7. The lowest BCUT2D eigenvalue weighted by atomic mass is 10.4. The first-order valence-corrected chi connectivity index (χ1v) is 14.6. The molecule has 0 aromatic carbocycles. The van der Waals surface area contributed by atoms with Crippen molar-refractivity contribution < 1.29 is 8.23 Å². The van der Waals surface area contributed by atoms with Crippen molar-refractivity contribution in [2.75, 3.05) is 0 Å². The summed E-state index contributed by atoms with van der Waals surface area (Å²) in [4.78, 5) is 0. The van der Waals surface area contributed by atoms with Crippen molar-refractivity contribution in [3.63, 3.8) is 0 Å². The molecule has 17 heavy (non-hydrogen) atoms. The molecule has 0 spiro atoms. The molecule has 0 heterocycles. The highest BCUT2D eigenvalue weighted by Gasteiger charge is 2.28. The van der Waals surface area contributed by atoms with Gasteiger partial charge < -0.3 is 8.23 Å². The van der Waals surface area contributed by atoms with Crippen LogP contribution in [0.1, 0.15) is 34.6 Å². The summed E-state index contributed by atoms with van der Waals surface area (Å²) in [6.45, 7) is 15.8. The standard InChI is InChI=1S/C10H28O2Si3.2CH4/c1-8-9-10-15(6,7)12-13(2)11-14(3,4)5;;/h13H,8-10H2,1-7H3;2*1H4. The molecule has 0 aliphatic heterocycles. The topological polar surface area (TPSA) is 18.5 Å². The second-order valence-corrected chi connectivity index (χ2v) is 17.0. The van der Waals surface area contributed by atoms with Gasteiger partial charge in [-0.3, -0.25) is 0 Å². The minimum atomic E-state index is -1.43. The number of hydrogen-bond acceptors (Lipinski definition) is 2. The van der Waals surface area contributed by atoms with Crippen molar-refractivity contribution in [3.05, 3.63) is 0 Å². The van der Waals surface area contributed by atoms with Crippen LogP contribution < -0.4 is 0 Å². The molecule has 0 rings (SSSR count). The SMILES string of the molecule is C.C.CCCC[Si](C)(C)O[SiH](C)O[Si](C)(C)C. The van der Waals surface area contributed by atoms with Gasteiger partial charge in [-0.15, -0.1) is 0 Å². The Hall–Kier alpha value is 0.571. The molecule has 0 fully saturated rings. The van der Waals surface area contributed by atoms with Crippen molar-refractivity contribution in [3.8, 4) is 0 Å². The van der Waals surface area contributed by atoms with E-state index in [4.69, 9.17) is 8.23 Å². The van der Waals surface area contributed by atoms with Gasteiger partial charge >= 0.3 is 0 Å². The third kappa shape index (κ3) is 14.5. The average molecular weight is 297 g/mol. The Morgan fingerprint density at radius 1 is 0.941 bits per heavy atom. The Labute approximate surface area is 114 Å². The van der Waals surface area contributed by atoms with Crippen LogP contribution in [-0.4, -0.2) is 25.9 Å². The number of unbranched alkanes of at least 4 members (excludes halogenated alkanes) is 1. The van der Waals surface area contributed by atoms with Crippen LogP contribution in [0.4, 0.5) is 0 Å². The van der Waals surface area contributed by atoms with Crippen molar-refractivity contribution in [1.82, 2.24) is 0 Å². The molecule has 0 amide bonds. The van der Waals surface area contributed by atoms with Crippen LogP contribution in [0.25, 0.3) is 0 Å². The van der Waals surface area contributed by atoms with Crippen molar-refractivity contribution in [1.29, 1.82) is 0 Å². The van der Waals surface area contributed by atoms with Gasteiger partial charge in [-0.25, -0.2) is 0 Å². The smallest absolute Gasteiger partial charge is 0.297 e. The normalized spacial score (nSPS) is 13.6. The minimum Gasteiger partial charge on any atom is -0.439 e. The van der Waals surface area contributed by atoms with E-state index in [1.54, 1.807) is 0 Å². The van der Waals surface area contributed by atoms with Crippen molar-refractivity contribution in [2.24, 2.45) is 0 Å². The van der Waals surface area contributed by atoms with E-state index < -0.39 is 25.9 Å². The van der Waals surface area contributed by atoms with Crippen LogP contribution in [0.5, 0.6) is 0 Å². The van der Waals surface area contributed by atoms with Crippen LogP contribution >= 0.6 is 0 Å². The molecular weight excluding hydrogens is 260 g/mol. The zero-order valence-electron chi connectivity index (χ0n) is 11.5. The van der Waals surface area contributed by atoms with E-state index in [2.05, 4.69) is 46.2 Å².